The molecule has 0 aliphatic carbocycles. The van der Waals surface area contributed by atoms with E-state index >= 15 is 0 Å². The maximum atomic E-state index is 11.2. The van der Waals surface area contributed by atoms with Gasteiger partial charge in [-0.25, -0.2) is 4.98 Å². The molecule has 0 saturated heterocycles. The molecule has 0 aliphatic rings. The molecule has 258 valence electrons. The third kappa shape index (κ3) is 6.63. The molecule has 8 aromatic rings. The van der Waals surface area contributed by atoms with Crippen LogP contribution in [0.3, 0.4) is 0 Å². The fraction of sp³-hybridized carbons (Fsp3) is 0.106. The van der Waals surface area contributed by atoms with E-state index in [9.17, 15) is 5.11 Å². The van der Waals surface area contributed by atoms with Crippen LogP contribution in [0.2, 0.25) is 0 Å². The summed E-state index contributed by atoms with van der Waals surface area (Å²) < 4.78 is 35.4. The van der Waals surface area contributed by atoms with E-state index in [0.717, 1.165) is 50.2 Å². The second-order valence-electron chi connectivity index (χ2n) is 13.7. The predicted molar refractivity (Wildman–Crippen MR) is 210 cm³/mol. The van der Waals surface area contributed by atoms with Gasteiger partial charge in [-0.15, -0.1) is 29.3 Å². The Bertz CT molecular complexity index is 2700. The van der Waals surface area contributed by atoms with Crippen molar-refractivity contribution < 1.29 is 31.7 Å². The number of imidazole rings is 1. The first-order valence-corrected chi connectivity index (χ1v) is 17.0. The second-order valence-corrected chi connectivity index (χ2v) is 13.7. The number of pyridine rings is 1. The predicted octanol–water partition coefficient (Wildman–Crippen LogP) is 11.9. The van der Waals surface area contributed by atoms with E-state index in [4.69, 9.17) is 15.5 Å². The fourth-order valence-corrected chi connectivity index (χ4v) is 6.58. The average Bonchev–Trinajstić information content (AvgIpc) is 3.57. The number of hydrogen-bond donors (Lipinski definition) is 1. The number of para-hydroxylation sites is 2. The number of benzene rings is 6. The summed E-state index contributed by atoms with van der Waals surface area (Å²) >= 11 is 0. The van der Waals surface area contributed by atoms with Crippen LogP contribution in [0.15, 0.2) is 152 Å². The van der Waals surface area contributed by atoms with E-state index in [2.05, 4.69) is 39.0 Å². The molecule has 0 radical (unpaired) electrons. The quantitative estimate of drug-likeness (QED) is 0.170. The number of aromatic hydroxyl groups is 1. The Balaban J connectivity index is 0.00000480. The molecule has 0 atom stereocenters. The standard InChI is InChI=1S/C47H38N3O.Pt/c1-31-26-38(22-23-39(31)33-16-9-6-10-17-33)50-43-20-13-19-40(45(43)49-46(50)41-18-11-12-21-44(41)51)35-27-36(29-37(28-35)47(2,3)4)42-30-34(24-25-48-42)32-14-7-5-8-15-32;/h5-26,28-30,51H,1-4H3;/q-1;/i1D3,5D;. The molecule has 0 aliphatic heterocycles. The molecule has 1 N–H and O–H groups in total. The molecule has 5 heteroatoms. The Hall–Kier alpha value is -5.57. The topological polar surface area (TPSA) is 50.9 Å². The smallest absolute Gasteiger partial charge is 0.148 e. The Labute approximate surface area is 325 Å². The molecule has 2 heterocycles. The summed E-state index contributed by atoms with van der Waals surface area (Å²) in [5.41, 5.74) is 10.3. The van der Waals surface area contributed by atoms with Crippen LogP contribution in [0.5, 0.6) is 5.75 Å². The van der Waals surface area contributed by atoms with E-state index in [0.29, 0.717) is 34.2 Å². The first-order chi connectivity index (χ1) is 26.3. The number of phenols is 1. The van der Waals surface area contributed by atoms with Gasteiger partial charge < -0.3 is 5.11 Å². The largest absolute Gasteiger partial charge is 0.507 e. The minimum absolute atomic E-state index is 0. The third-order valence-corrected chi connectivity index (χ3v) is 9.29. The number of rotatable bonds is 6. The summed E-state index contributed by atoms with van der Waals surface area (Å²) in [6, 6.07) is 47.9. The van der Waals surface area contributed by atoms with Gasteiger partial charge in [0.2, 0.25) is 0 Å². The maximum Gasteiger partial charge on any atom is 0.148 e. The number of aryl methyl sites for hydroxylation is 1. The van der Waals surface area contributed by atoms with Crippen molar-refractivity contribution in [2.45, 2.75) is 33.0 Å². The van der Waals surface area contributed by atoms with Crippen LogP contribution in [0, 0.1) is 12.9 Å². The van der Waals surface area contributed by atoms with Crippen LogP contribution in [0.25, 0.3) is 72.7 Å². The van der Waals surface area contributed by atoms with Crippen molar-refractivity contribution in [2.75, 3.05) is 0 Å². The molecule has 0 amide bonds. The van der Waals surface area contributed by atoms with Gasteiger partial charge in [-0.05, 0) is 76.5 Å². The molecule has 0 bridgehead atoms. The van der Waals surface area contributed by atoms with Crippen molar-refractivity contribution in [3.63, 3.8) is 0 Å². The molecule has 0 fully saturated rings. The zero-order chi connectivity index (χ0) is 38.5. The van der Waals surface area contributed by atoms with E-state index < -0.39 is 6.85 Å². The number of aromatic nitrogens is 3. The second kappa shape index (κ2) is 14.2. The van der Waals surface area contributed by atoms with Gasteiger partial charge in [-0.1, -0.05) is 129 Å². The normalized spacial score (nSPS) is 12.8. The first kappa shape index (κ1) is 30.1. The van der Waals surface area contributed by atoms with Crippen LogP contribution in [0.1, 0.15) is 37.4 Å². The number of phenolic OH excluding ortho intramolecular Hbond substituents is 1. The molecular formula is C47H38N3OPt-. The number of fused-ring (bicyclic) bond motifs is 1. The summed E-state index contributed by atoms with van der Waals surface area (Å²) in [6.45, 7) is 4.13. The molecule has 8 rings (SSSR count). The summed E-state index contributed by atoms with van der Waals surface area (Å²) in [7, 11) is 0. The van der Waals surface area contributed by atoms with Gasteiger partial charge in [0.25, 0.3) is 0 Å². The van der Waals surface area contributed by atoms with Crippen LogP contribution in [-0.4, -0.2) is 19.6 Å². The van der Waals surface area contributed by atoms with Gasteiger partial charge in [0.05, 0.1) is 18.0 Å². The van der Waals surface area contributed by atoms with Gasteiger partial charge in [0.1, 0.15) is 11.6 Å². The maximum absolute atomic E-state index is 11.2. The number of hydrogen-bond acceptors (Lipinski definition) is 3. The van der Waals surface area contributed by atoms with E-state index in [-0.39, 0.29) is 37.8 Å². The van der Waals surface area contributed by atoms with E-state index in [1.165, 1.54) is 0 Å². The molecule has 6 aromatic carbocycles. The van der Waals surface area contributed by atoms with Crippen molar-refractivity contribution in [2.24, 2.45) is 0 Å². The van der Waals surface area contributed by atoms with Crippen molar-refractivity contribution in [3.05, 3.63) is 169 Å². The number of nitrogens with zero attached hydrogens (tertiary/aromatic N) is 3. The zero-order valence-electron chi connectivity index (χ0n) is 33.0. The third-order valence-electron chi connectivity index (χ3n) is 9.29. The molecule has 0 unspecified atom stereocenters. The Kier molecular flexibility index (Phi) is 8.22. The molecule has 52 heavy (non-hydrogen) atoms. The van der Waals surface area contributed by atoms with Crippen molar-refractivity contribution in [1.82, 2.24) is 14.5 Å². The molecule has 0 saturated carbocycles. The fourth-order valence-electron chi connectivity index (χ4n) is 6.58. The molecule has 4 nitrogen and oxygen atoms in total. The Morgan fingerprint density at radius 2 is 1.42 bits per heavy atom. The molecule has 2 aromatic heterocycles. The molecular weight excluding hydrogens is 818 g/mol. The van der Waals surface area contributed by atoms with Crippen LogP contribution >= 0.6 is 0 Å². The summed E-state index contributed by atoms with van der Waals surface area (Å²) in [4.78, 5) is 10.0. The van der Waals surface area contributed by atoms with Crippen molar-refractivity contribution in [1.29, 1.82) is 0 Å². The zero-order valence-corrected chi connectivity index (χ0v) is 31.2. The van der Waals surface area contributed by atoms with Gasteiger partial charge in [0, 0.05) is 42.8 Å². The average molecular weight is 860 g/mol. The Morgan fingerprint density at radius 3 is 2.19 bits per heavy atom. The summed E-state index contributed by atoms with van der Waals surface area (Å²) in [5.74, 6) is 0.536. The van der Waals surface area contributed by atoms with Crippen LogP contribution < -0.4 is 0 Å². The van der Waals surface area contributed by atoms with Gasteiger partial charge in [-0.2, -0.15) is 0 Å². The Morgan fingerprint density at radius 1 is 0.692 bits per heavy atom. The first-order valence-electron chi connectivity index (χ1n) is 19.0. The minimum atomic E-state index is -2.40. The van der Waals surface area contributed by atoms with Crippen molar-refractivity contribution >= 4 is 11.0 Å². The minimum Gasteiger partial charge on any atom is -0.507 e. The summed E-state index contributed by atoms with van der Waals surface area (Å²) in [5, 5.41) is 11.2. The van der Waals surface area contributed by atoms with Crippen LogP contribution in [-0.2, 0) is 26.5 Å². The summed E-state index contributed by atoms with van der Waals surface area (Å²) in [6.07, 6.45) is 1.80. The van der Waals surface area contributed by atoms with Gasteiger partial charge in [-0.3, -0.25) is 9.55 Å². The van der Waals surface area contributed by atoms with Crippen LogP contribution in [0.4, 0.5) is 0 Å². The van der Waals surface area contributed by atoms with Gasteiger partial charge in [0.15, 0.2) is 0 Å². The monoisotopic (exact) mass is 859 g/mol. The van der Waals surface area contributed by atoms with E-state index in [1.54, 1.807) is 36.5 Å². The molecule has 0 spiro atoms. The SMILES string of the molecule is [2H]c1ccc(-c2ccnc(-c3[c-]c(-c4cccc5c4nc(-c4ccccc4O)n5-c4ccc(-c5ccccc5)c(C([2H])([2H])[2H])c4)cc(C(C)(C)C)c3)c2)cc1.[Pt]. The van der Waals surface area contributed by atoms with Gasteiger partial charge >= 0.3 is 0 Å². The van der Waals surface area contributed by atoms with E-state index in [1.807, 2.05) is 102 Å². The van der Waals surface area contributed by atoms with Crippen molar-refractivity contribution in [3.8, 4) is 67.5 Å².